The van der Waals surface area contributed by atoms with Gasteiger partial charge in [0.15, 0.2) is 0 Å². The molecule has 0 spiro atoms. The van der Waals surface area contributed by atoms with E-state index in [1.54, 1.807) is 0 Å². The van der Waals surface area contributed by atoms with Crippen LogP contribution in [-0.4, -0.2) is 22.2 Å². The highest BCUT2D eigenvalue weighted by Crippen LogP contribution is 2.06. The maximum Gasteiger partial charge on any atom is 0.245 e. The monoisotopic (exact) mass is 147 g/mol. The first kappa shape index (κ1) is 6.82. The van der Waals surface area contributed by atoms with Gasteiger partial charge in [0.05, 0.1) is 0 Å². The molecule has 52 valence electrons. The van der Waals surface area contributed by atoms with Crippen molar-refractivity contribution < 1.29 is 4.55 Å². The van der Waals surface area contributed by atoms with E-state index < -0.39 is 11.2 Å². The molecule has 1 unspecified atom stereocenters. The first-order chi connectivity index (χ1) is 4.34. The second-order valence-electron chi connectivity index (χ2n) is 1.70. The molecule has 2 atom stereocenters. The van der Waals surface area contributed by atoms with Gasteiger partial charge in [-0.15, -0.1) is 5.11 Å². The van der Waals surface area contributed by atoms with E-state index in [1.165, 1.54) is 0 Å². The molecule has 1 N–H and O–H groups in total. The van der Waals surface area contributed by atoms with Gasteiger partial charge in [0.1, 0.15) is 12.3 Å². The third-order valence-electron chi connectivity index (χ3n) is 1.11. The SMILES string of the molecule is CC[S@+]([O-])C1CNN=N1. The van der Waals surface area contributed by atoms with Crippen molar-refractivity contribution in [1.29, 1.82) is 0 Å². The van der Waals surface area contributed by atoms with Gasteiger partial charge in [-0.2, -0.15) is 0 Å². The molecule has 1 heterocycles. The quantitative estimate of drug-likeness (QED) is 0.561. The first-order valence-electron chi connectivity index (χ1n) is 2.84. The third-order valence-corrected chi connectivity index (χ3v) is 2.55. The molecule has 4 nitrogen and oxygen atoms in total. The van der Waals surface area contributed by atoms with Gasteiger partial charge in [-0.3, -0.25) is 5.43 Å². The summed E-state index contributed by atoms with van der Waals surface area (Å²) in [5, 5.41) is 7.13. The lowest BCUT2D eigenvalue weighted by molar-refractivity contribution is 0.583. The van der Waals surface area contributed by atoms with Gasteiger partial charge in [-0.1, -0.05) is 5.22 Å². The van der Waals surface area contributed by atoms with E-state index in [-0.39, 0.29) is 5.37 Å². The predicted octanol–water partition coefficient (Wildman–Crippen LogP) is 0.0515. The molecule has 0 radical (unpaired) electrons. The summed E-state index contributed by atoms with van der Waals surface area (Å²) < 4.78 is 10.9. The smallest absolute Gasteiger partial charge is 0.245 e. The summed E-state index contributed by atoms with van der Waals surface area (Å²) in [6.45, 7) is 2.50. The van der Waals surface area contributed by atoms with Gasteiger partial charge in [-0.25, -0.2) is 0 Å². The number of hydrogen-bond acceptors (Lipinski definition) is 4. The van der Waals surface area contributed by atoms with Gasteiger partial charge >= 0.3 is 0 Å². The van der Waals surface area contributed by atoms with Crippen molar-refractivity contribution in [3.63, 3.8) is 0 Å². The van der Waals surface area contributed by atoms with E-state index in [9.17, 15) is 4.55 Å². The van der Waals surface area contributed by atoms with E-state index in [0.717, 1.165) is 0 Å². The van der Waals surface area contributed by atoms with Crippen molar-refractivity contribution in [2.75, 3.05) is 12.3 Å². The fourth-order valence-electron chi connectivity index (χ4n) is 0.603. The zero-order valence-corrected chi connectivity index (χ0v) is 6.02. The summed E-state index contributed by atoms with van der Waals surface area (Å²) in [7, 11) is 0. The van der Waals surface area contributed by atoms with Crippen LogP contribution in [0.2, 0.25) is 0 Å². The molecule has 0 saturated carbocycles. The normalized spacial score (nSPS) is 28.0. The minimum atomic E-state index is -0.825. The Labute approximate surface area is 56.9 Å². The second-order valence-corrected chi connectivity index (χ2v) is 3.58. The summed E-state index contributed by atoms with van der Waals surface area (Å²) >= 11 is -0.825. The minimum absolute atomic E-state index is 0.102. The molecule has 0 aromatic rings. The van der Waals surface area contributed by atoms with Crippen LogP contribution in [0, 0.1) is 0 Å². The van der Waals surface area contributed by atoms with Crippen molar-refractivity contribution in [3.8, 4) is 0 Å². The van der Waals surface area contributed by atoms with Gasteiger partial charge in [0, 0.05) is 0 Å². The zero-order valence-electron chi connectivity index (χ0n) is 5.20. The summed E-state index contributed by atoms with van der Waals surface area (Å²) in [6, 6.07) is 0. The summed E-state index contributed by atoms with van der Waals surface area (Å²) in [4.78, 5) is 0. The molecule has 0 aliphatic carbocycles. The molecule has 0 fully saturated rings. The molecular formula is C4H9N3OS. The largest absolute Gasteiger partial charge is 0.615 e. The van der Waals surface area contributed by atoms with Crippen LogP contribution >= 0.6 is 0 Å². The number of nitrogens with one attached hydrogen (secondary N) is 1. The maximum absolute atomic E-state index is 10.9. The van der Waals surface area contributed by atoms with E-state index >= 15 is 0 Å². The van der Waals surface area contributed by atoms with Crippen molar-refractivity contribution in [2.45, 2.75) is 12.3 Å². The molecule has 1 rings (SSSR count). The molecule has 5 heteroatoms. The molecule has 0 bridgehead atoms. The zero-order chi connectivity index (χ0) is 6.69. The van der Waals surface area contributed by atoms with E-state index in [4.69, 9.17) is 0 Å². The molecule has 9 heavy (non-hydrogen) atoms. The molecule has 1 aliphatic heterocycles. The third kappa shape index (κ3) is 1.56. The average Bonchev–Trinajstić information content (AvgIpc) is 2.37. The van der Waals surface area contributed by atoms with Crippen LogP contribution in [0.25, 0.3) is 0 Å². The Hall–Kier alpha value is -0.290. The van der Waals surface area contributed by atoms with Crippen LogP contribution in [0.3, 0.4) is 0 Å². The van der Waals surface area contributed by atoms with Crippen molar-refractivity contribution in [3.05, 3.63) is 0 Å². The van der Waals surface area contributed by atoms with E-state index in [1.807, 2.05) is 6.92 Å². The Balaban J connectivity index is 2.33. The summed E-state index contributed by atoms with van der Waals surface area (Å²) in [5.74, 6) is 0.658. The van der Waals surface area contributed by atoms with Gasteiger partial charge in [0.25, 0.3) is 0 Å². The van der Waals surface area contributed by atoms with Crippen LogP contribution in [0.15, 0.2) is 10.3 Å². The Bertz CT molecular complexity index is 118. The maximum atomic E-state index is 10.9. The molecule has 0 aromatic heterocycles. The standard InChI is InChI=1S/C4H9N3OS/c1-2-9(8)4-3-5-7-6-4/h4H,2-3H2,1H3,(H,5,6)/t4?,9-/m0/s1. The molecule has 0 amide bonds. The summed E-state index contributed by atoms with van der Waals surface area (Å²) in [6.07, 6.45) is 0. The second kappa shape index (κ2) is 3.03. The van der Waals surface area contributed by atoms with Crippen molar-refractivity contribution >= 4 is 11.2 Å². The minimum Gasteiger partial charge on any atom is -0.615 e. The average molecular weight is 147 g/mol. The first-order valence-corrected chi connectivity index (χ1v) is 4.22. The van der Waals surface area contributed by atoms with Crippen LogP contribution in [-0.2, 0) is 11.2 Å². The van der Waals surface area contributed by atoms with Gasteiger partial charge in [-0.05, 0) is 18.1 Å². The Morgan fingerprint density at radius 3 is 3.11 bits per heavy atom. The fraction of sp³-hybridized carbons (Fsp3) is 1.00. The van der Waals surface area contributed by atoms with Crippen LogP contribution in [0.4, 0.5) is 0 Å². The highest BCUT2D eigenvalue weighted by molar-refractivity contribution is 7.92. The predicted molar refractivity (Wildman–Crippen MR) is 35.3 cm³/mol. The Kier molecular flexibility index (Phi) is 2.29. The Morgan fingerprint density at radius 2 is 2.67 bits per heavy atom. The molecule has 0 aromatic carbocycles. The topological polar surface area (TPSA) is 59.8 Å². The number of hydrogen-bond donors (Lipinski definition) is 1. The number of nitrogens with zero attached hydrogens (tertiary/aromatic N) is 2. The van der Waals surface area contributed by atoms with Gasteiger partial charge < -0.3 is 4.55 Å². The lowest BCUT2D eigenvalue weighted by Crippen LogP contribution is -2.25. The van der Waals surface area contributed by atoms with Gasteiger partial charge in [0.2, 0.25) is 5.37 Å². The Morgan fingerprint density at radius 1 is 1.89 bits per heavy atom. The molecular weight excluding hydrogens is 138 g/mol. The van der Waals surface area contributed by atoms with Crippen molar-refractivity contribution in [1.82, 2.24) is 5.43 Å². The molecule has 0 saturated heterocycles. The highest BCUT2D eigenvalue weighted by atomic mass is 32.2. The number of rotatable bonds is 2. The lowest BCUT2D eigenvalue weighted by atomic mass is 10.7. The van der Waals surface area contributed by atoms with Crippen LogP contribution in [0.1, 0.15) is 6.92 Å². The van der Waals surface area contributed by atoms with E-state index in [2.05, 4.69) is 15.8 Å². The molecule has 1 aliphatic rings. The highest BCUT2D eigenvalue weighted by Gasteiger charge is 2.22. The lowest BCUT2D eigenvalue weighted by Gasteiger charge is -2.09. The van der Waals surface area contributed by atoms with Crippen LogP contribution < -0.4 is 5.43 Å². The fourth-order valence-corrected chi connectivity index (χ4v) is 1.40. The summed E-state index contributed by atoms with van der Waals surface area (Å²) in [5.41, 5.74) is 2.65. The van der Waals surface area contributed by atoms with Crippen molar-refractivity contribution in [2.24, 2.45) is 10.3 Å². The van der Waals surface area contributed by atoms with Crippen LogP contribution in [0.5, 0.6) is 0 Å². The van der Waals surface area contributed by atoms with E-state index in [0.29, 0.717) is 12.3 Å².